The number of esters is 2. The zero-order chi connectivity index (χ0) is 19.8. The zero-order valence-corrected chi connectivity index (χ0v) is 17.9. The lowest BCUT2D eigenvalue weighted by atomic mass is 10.0. The van der Waals surface area contributed by atoms with Gasteiger partial charge in [0.05, 0.1) is 11.8 Å². The Bertz CT molecular complexity index is 367. The van der Waals surface area contributed by atoms with Crippen LogP contribution in [0.2, 0.25) is 0 Å². The van der Waals surface area contributed by atoms with Crippen LogP contribution in [0.4, 0.5) is 0 Å². The standard InChI is InChI=1S/C22H42O4/c1-6-9-12-14-18(4)21(23)25-17-20(16-11-8-3)26-22(24)19(5)15-13-10-7-2/h18-20H,6-17H2,1-5H3. The van der Waals surface area contributed by atoms with Gasteiger partial charge in [0.1, 0.15) is 12.7 Å². The fourth-order valence-electron chi connectivity index (χ4n) is 2.84. The normalized spacial score (nSPS) is 14.5. The zero-order valence-electron chi connectivity index (χ0n) is 17.9. The molecule has 0 aliphatic carbocycles. The van der Waals surface area contributed by atoms with Gasteiger partial charge in [-0.15, -0.1) is 0 Å². The van der Waals surface area contributed by atoms with E-state index in [1.807, 2.05) is 13.8 Å². The lowest BCUT2D eigenvalue weighted by Crippen LogP contribution is -2.29. The van der Waals surface area contributed by atoms with Crippen LogP contribution in [0.5, 0.6) is 0 Å². The smallest absolute Gasteiger partial charge is 0.309 e. The Morgan fingerprint density at radius 2 is 1.19 bits per heavy atom. The Kier molecular flexibility index (Phi) is 15.5. The number of ether oxygens (including phenoxy) is 2. The minimum Gasteiger partial charge on any atom is -0.462 e. The molecule has 0 aromatic rings. The van der Waals surface area contributed by atoms with Crippen molar-refractivity contribution < 1.29 is 19.1 Å². The van der Waals surface area contributed by atoms with Crippen LogP contribution in [0.25, 0.3) is 0 Å². The van der Waals surface area contributed by atoms with Gasteiger partial charge < -0.3 is 9.47 Å². The van der Waals surface area contributed by atoms with Gasteiger partial charge >= 0.3 is 11.9 Å². The third-order valence-electron chi connectivity index (χ3n) is 4.86. The second-order valence-corrected chi connectivity index (χ2v) is 7.62. The van der Waals surface area contributed by atoms with E-state index in [2.05, 4.69) is 20.8 Å². The summed E-state index contributed by atoms with van der Waals surface area (Å²) in [6.07, 6.45) is 10.8. The Morgan fingerprint density at radius 3 is 1.69 bits per heavy atom. The van der Waals surface area contributed by atoms with Crippen molar-refractivity contribution in [2.75, 3.05) is 6.61 Å². The third-order valence-corrected chi connectivity index (χ3v) is 4.86. The van der Waals surface area contributed by atoms with Crippen molar-refractivity contribution in [2.45, 2.75) is 111 Å². The summed E-state index contributed by atoms with van der Waals surface area (Å²) < 4.78 is 11.1. The predicted octanol–water partition coefficient (Wildman–Crippen LogP) is 6.06. The average Bonchev–Trinajstić information content (AvgIpc) is 2.63. The lowest BCUT2D eigenvalue weighted by Gasteiger charge is -2.21. The van der Waals surface area contributed by atoms with Crippen molar-refractivity contribution in [1.82, 2.24) is 0 Å². The summed E-state index contributed by atoms with van der Waals surface area (Å²) >= 11 is 0. The van der Waals surface area contributed by atoms with Gasteiger partial charge in [0.2, 0.25) is 0 Å². The van der Waals surface area contributed by atoms with Crippen LogP contribution in [0.15, 0.2) is 0 Å². The van der Waals surface area contributed by atoms with Crippen LogP contribution in [0, 0.1) is 11.8 Å². The lowest BCUT2D eigenvalue weighted by molar-refractivity contribution is -0.164. The summed E-state index contributed by atoms with van der Waals surface area (Å²) in [5, 5.41) is 0. The minimum atomic E-state index is -0.317. The van der Waals surface area contributed by atoms with Crippen molar-refractivity contribution in [1.29, 1.82) is 0 Å². The van der Waals surface area contributed by atoms with Gasteiger partial charge in [-0.1, -0.05) is 79.6 Å². The number of unbranched alkanes of at least 4 members (excludes halogenated alkanes) is 5. The fraction of sp³-hybridized carbons (Fsp3) is 0.909. The van der Waals surface area contributed by atoms with Gasteiger partial charge in [0, 0.05) is 0 Å². The molecule has 0 rings (SSSR count). The number of hydrogen-bond acceptors (Lipinski definition) is 4. The highest BCUT2D eigenvalue weighted by molar-refractivity contribution is 5.73. The van der Waals surface area contributed by atoms with E-state index in [0.29, 0.717) is 0 Å². The van der Waals surface area contributed by atoms with Crippen molar-refractivity contribution in [3.8, 4) is 0 Å². The first kappa shape index (κ1) is 24.9. The maximum absolute atomic E-state index is 12.3. The summed E-state index contributed by atoms with van der Waals surface area (Å²) in [6, 6.07) is 0. The SMILES string of the molecule is CCCCCC(C)C(=O)OCC(CCCC)OC(=O)C(C)CCCCC. The monoisotopic (exact) mass is 370 g/mol. The topological polar surface area (TPSA) is 52.6 Å². The Labute approximate surface area is 161 Å². The maximum Gasteiger partial charge on any atom is 0.309 e. The largest absolute Gasteiger partial charge is 0.462 e. The molecule has 3 atom stereocenters. The average molecular weight is 371 g/mol. The van der Waals surface area contributed by atoms with E-state index >= 15 is 0 Å². The maximum atomic E-state index is 12.3. The van der Waals surface area contributed by atoms with Gasteiger partial charge in [0.15, 0.2) is 0 Å². The third kappa shape index (κ3) is 12.3. The van der Waals surface area contributed by atoms with Crippen LogP contribution >= 0.6 is 0 Å². The van der Waals surface area contributed by atoms with Gasteiger partial charge in [-0.25, -0.2) is 0 Å². The molecule has 0 amide bonds. The van der Waals surface area contributed by atoms with Crippen molar-refractivity contribution in [3.05, 3.63) is 0 Å². The predicted molar refractivity (Wildman–Crippen MR) is 107 cm³/mol. The number of carbonyl (C=O) groups excluding carboxylic acids is 2. The first-order chi connectivity index (χ1) is 12.5. The van der Waals surface area contributed by atoms with Crippen LogP contribution in [0.3, 0.4) is 0 Å². The summed E-state index contributed by atoms with van der Waals surface area (Å²) in [6.45, 7) is 10.4. The molecule has 3 unspecified atom stereocenters. The molecule has 0 bridgehead atoms. The molecular formula is C22H42O4. The summed E-state index contributed by atoms with van der Waals surface area (Å²) in [5.74, 6) is -0.504. The molecule has 4 nitrogen and oxygen atoms in total. The Hall–Kier alpha value is -1.06. The molecule has 0 aromatic heterocycles. The second-order valence-electron chi connectivity index (χ2n) is 7.62. The number of hydrogen-bond donors (Lipinski definition) is 0. The Morgan fingerprint density at radius 1 is 0.692 bits per heavy atom. The minimum absolute atomic E-state index is 0.0861. The molecule has 0 aliphatic heterocycles. The molecule has 26 heavy (non-hydrogen) atoms. The molecule has 0 N–H and O–H groups in total. The van der Waals surface area contributed by atoms with E-state index in [-0.39, 0.29) is 36.5 Å². The molecule has 0 spiro atoms. The second kappa shape index (κ2) is 16.1. The van der Waals surface area contributed by atoms with Gasteiger partial charge in [-0.2, -0.15) is 0 Å². The fourth-order valence-corrected chi connectivity index (χ4v) is 2.84. The number of carbonyl (C=O) groups is 2. The van der Waals surface area contributed by atoms with Gasteiger partial charge in [0.25, 0.3) is 0 Å². The molecule has 0 aliphatic rings. The molecular weight excluding hydrogens is 328 g/mol. The summed E-state index contributed by atoms with van der Waals surface area (Å²) in [5.41, 5.74) is 0. The molecule has 0 saturated heterocycles. The molecule has 0 saturated carbocycles. The molecule has 0 heterocycles. The van der Waals surface area contributed by atoms with E-state index in [0.717, 1.165) is 70.6 Å². The molecule has 154 valence electrons. The van der Waals surface area contributed by atoms with E-state index in [1.165, 1.54) is 0 Å². The van der Waals surface area contributed by atoms with E-state index in [9.17, 15) is 9.59 Å². The Balaban J connectivity index is 4.37. The van der Waals surface area contributed by atoms with E-state index in [1.54, 1.807) is 0 Å². The van der Waals surface area contributed by atoms with Gasteiger partial charge in [-0.3, -0.25) is 9.59 Å². The first-order valence-electron chi connectivity index (χ1n) is 10.8. The van der Waals surface area contributed by atoms with Crippen LogP contribution in [0.1, 0.15) is 105 Å². The van der Waals surface area contributed by atoms with Crippen molar-refractivity contribution in [3.63, 3.8) is 0 Å². The molecule has 0 radical (unpaired) electrons. The van der Waals surface area contributed by atoms with Crippen LogP contribution < -0.4 is 0 Å². The molecule has 0 aromatic carbocycles. The molecule has 4 heteroatoms. The highest BCUT2D eigenvalue weighted by Gasteiger charge is 2.22. The highest BCUT2D eigenvalue weighted by Crippen LogP contribution is 2.16. The van der Waals surface area contributed by atoms with Crippen LogP contribution in [-0.4, -0.2) is 24.6 Å². The van der Waals surface area contributed by atoms with Crippen molar-refractivity contribution >= 4 is 11.9 Å². The quantitative estimate of drug-likeness (QED) is 0.245. The highest BCUT2D eigenvalue weighted by atomic mass is 16.6. The van der Waals surface area contributed by atoms with E-state index in [4.69, 9.17) is 9.47 Å². The van der Waals surface area contributed by atoms with Crippen molar-refractivity contribution in [2.24, 2.45) is 11.8 Å². The van der Waals surface area contributed by atoms with E-state index < -0.39 is 0 Å². The first-order valence-corrected chi connectivity index (χ1v) is 10.8. The summed E-state index contributed by atoms with van der Waals surface area (Å²) in [7, 11) is 0. The number of rotatable bonds is 16. The van der Waals surface area contributed by atoms with Crippen LogP contribution in [-0.2, 0) is 19.1 Å². The summed E-state index contributed by atoms with van der Waals surface area (Å²) in [4.78, 5) is 24.4. The van der Waals surface area contributed by atoms with Gasteiger partial charge in [-0.05, 0) is 25.7 Å². The molecule has 0 fully saturated rings.